The molecule has 2 atom stereocenters. The number of aromatic nitrogens is 2. The van der Waals surface area contributed by atoms with Crippen LogP contribution in [-0.2, 0) is 0 Å². The van der Waals surface area contributed by atoms with Crippen LogP contribution in [0.4, 0.5) is 0 Å². The maximum atomic E-state index is 12.6. The van der Waals surface area contributed by atoms with Crippen LogP contribution in [0.15, 0.2) is 57.7 Å². The van der Waals surface area contributed by atoms with Crippen molar-refractivity contribution in [3.63, 3.8) is 0 Å². The van der Waals surface area contributed by atoms with Crippen LogP contribution in [0.2, 0.25) is 0 Å². The van der Waals surface area contributed by atoms with E-state index in [1.165, 1.54) is 6.26 Å². The second-order valence-corrected chi connectivity index (χ2v) is 5.99. The number of carbonyl (C=O) groups excluding carboxylic acids is 1. The molecule has 0 aliphatic carbocycles. The largest absolute Gasteiger partial charge is 0.459 e. The Labute approximate surface area is 139 Å². The van der Waals surface area contributed by atoms with Crippen molar-refractivity contribution in [3.8, 4) is 0 Å². The lowest BCUT2D eigenvalue weighted by Crippen LogP contribution is -2.28. The van der Waals surface area contributed by atoms with Crippen LogP contribution < -0.4 is 0 Å². The Bertz CT molecular complexity index is 826. The van der Waals surface area contributed by atoms with Crippen LogP contribution in [0.1, 0.15) is 39.7 Å². The molecule has 0 bridgehead atoms. The SMILES string of the molecule is Cc1noc([C@H]2CN(C(=O)c3ccco3)C[C@@H]2c2ccccc2)n1. The van der Waals surface area contributed by atoms with Gasteiger partial charge in [-0.15, -0.1) is 0 Å². The number of furan rings is 1. The third-order valence-corrected chi connectivity index (χ3v) is 4.43. The third kappa shape index (κ3) is 2.60. The Morgan fingerprint density at radius 1 is 1.12 bits per heavy atom. The number of aryl methyl sites for hydroxylation is 1. The summed E-state index contributed by atoms with van der Waals surface area (Å²) < 4.78 is 10.6. The van der Waals surface area contributed by atoms with Gasteiger partial charge in [0.05, 0.1) is 12.2 Å². The lowest BCUT2D eigenvalue weighted by molar-refractivity contribution is 0.0756. The van der Waals surface area contributed by atoms with E-state index in [0.29, 0.717) is 30.6 Å². The van der Waals surface area contributed by atoms with Gasteiger partial charge in [0.25, 0.3) is 5.91 Å². The second kappa shape index (κ2) is 5.96. The molecule has 0 N–H and O–H groups in total. The van der Waals surface area contributed by atoms with Crippen molar-refractivity contribution < 1.29 is 13.7 Å². The van der Waals surface area contributed by atoms with Crippen molar-refractivity contribution in [2.75, 3.05) is 13.1 Å². The molecule has 1 aliphatic rings. The highest BCUT2D eigenvalue weighted by atomic mass is 16.5. The van der Waals surface area contributed by atoms with E-state index in [-0.39, 0.29) is 17.7 Å². The normalized spacial score (nSPS) is 20.5. The highest BCUT2D eigenvalue weighted by molar-refractivity contribution is 5.91. The first-order valence-corrected chi connectivity index (χ1v) is 7.90. The molecule has 6 nitrogen and oxygen atoms in total. The maximum absolute atomic E-state index is 12.6. The fourth-order valence-corrected chi connectivity index (χ4v) is 3.28. The van der Waals surface area contributed by atoms with Crippen molar-refractivity contribution in [3.05, 3.63) is 71.8 Å². The Balaban J connectivity index is 1.66. The molecule has 0 saturated carbocycles. The first kappa shape index (κ1) is 14.7. The number of nitrogens with zero attached hydrogens (tertiary/aromatic N) is 3. The van der Waals surface area contributed by atoms with E-state index < -0.39 is 0 Å². The lowest BCUT2D eigenvalue weighted by atomic mass is 9.89. The standard InChI is InChI=1S/C18H17N3O3/c1-12-19-17(24-20-12)15-11-21(18(22)16-8-5-9-23-16)10-14(15)13-6-3-2-4-7-13/h2-9,14-15H,10-11H2,1H3/t14-,15+/m1/s1. The molecule has 2 aromatic heterocycles. The molecule has 1 fully saturated rings. The molecule has 1 saturated heterocycles. The van der Waals surface area contributed by atoms with Crippen molar-refractivity contribution in [1.29, 1.82) is 0 Å². The average Bonchev–Trinajstić information content (AvgIpc) is 3.35. The quantitative estimate of drug-likeness (QED) is 0.741. The van der Waals surface area contributed by atoms with E-state index in [4.69, 9.17) is 8.94 Å². The number of amides is 1. The van der Waals surface area contributed by atoms with Gasteiger partial charge in [0, 0.05) is 19.0 Å². The maximum Gasteiger partial charge on any atom is 0.289 e. The lowest BCUT2D eigenvalue weighted by Gasteiger charge is -2.15. The minimum absolute atomic E-state index is 0.0208. The monoisotopic (exact) mass is 323 g/mol. The summed E-state index contributed by atoms with van der Waals surface area (Å²) in [5.74, 6) is 1.52. The Kier molecular flexibility index (Phi) is 3.65. The van der Waals surface area contributed by atoms with E-state index in [9.17, 15) is 4.79 Å². The number of hydrogen-bond acceptors (Lipinski definition) is 5. The van der Waals surface area contributed by atoms with Gasteiger partial charge in [-0.25, -0.2) is 0 Å². The highest BCUT2D eigenvalue weighted by Gasteiger charge is 2.40. The molecular weight excluding hydrogens is 306 g/mol. The molecule has 24 heavy (non-hydrogen) atoms. The Hall–Kier alpha value is -2.89. The molecular formula is C18H17N3O3. The Morgan fingerprint density at radius 2 is 1.92 bits per heavy atom. The molecule has 4 rings (SSSR count). The zero-order valence-corrected chi connectivity index (χ0v) is 13.3. The van der Waals surface area contributed by atoms with E-state index in [1.54, 1.807) is 24.0 Å². The summed E-state index contributed by atoms with van der Waals surface area (Å²) in [7, 11) is 0. The molecule has 3 aromatic rings. The number of carbonyl (C=O) groups is 1. The van der Waals surface area contributed by atoms with Crippen LogP contribution in [0, 0.1) is 6.92 Å². The number of rotatable bonds is 3. The number of hydrogen-bond donors (Lipinski definition) is 0. The van der Waals surface area contributed by atoms with Crippen molar-refractivity contribution in [2.45, 2.75) is 18.8 Å². The first-order valence-electron chi connectivity index (χ1n) is 7.90. The van der Waals surface area contributed by atoms with E-state index in [0.717, 1.165) is 5.56 Å². The summed E-state index contributed by atoms with van der Waals surface area (Å²) >= 11 is 0. The van der Waals surface area contributed by atoms with Crippen molar-refractivity contribution >= 4 is 5.91 Å². The molecule has 1 amide bonds. The molecule has 3 heterocycles. The summed E-state index contributed by atoms with van der Waals surface area (Å²) in [5, 5.41) is 3.90. The second-order valence-electron chi connectivity index (χ2n) is 5.99. The molecule has 122 valence electrons. The zero-order valence-electron chi connectivity index (χ0n) is 13.3. The predicted molar refractivity (Wildman–Crippen MR) is 85.6 cm³/mol. The van der Waals surface area contributed by atoms with Crippen LogP contribution >= 0.6 is 0 Å². The van der Waals surface area contributed by atoms with Crippen molar-refractivity contribution in [2.24, 2.45) is 0 Å². The molecule has 6 heteroatoms. The topological polar surface area (TPSA) is 72.4 Å². The molecule has 1 aliphatic heterocycles. The van der Waals surface area contributed by atoms with Crippen molar-refractivity contribution in [1.82, 2.24) is 15.0 Å². The molecule has 0 unspecified atom stereocenters. The van der Waals surface area contributed by atoms with Gasteiger partial charge in [-0.3, -0.25) is 4.79 Å². The van der Waals surface area contributed by atoms with Gasteiger partial charge in [-0.05, 0) is 24.6 Å². The first-order chi connectivity index (χ1) is 11.7. The summed E-state index contributed by atoms with van der Waals surface area (Å²) in [6.07, 6.45) is 1.51. The third-order valence-electron chi connectivity index (χ3n) is 4.43. The van der Waals surface area contributed by atoms with E-state index in [2.05, 4.69) is 22.3 Å². The molecule has 0 spiro atoms. The summed E-state index contributed by atoms with van der Waals surface area (Å²) in [6.45, 7) is 2.92. The number of likely N-dealkylation sites (tertiary alicyclic amines) is 1. The fraction of sp³-hybridized carbons (Fsp3) is 0.278. The zero-order chi connectivity index (χ0) is 16.5. The predicted octanol–water partition coefficient (Wildman–Crippen LogP) is 2.99. The van der Waals surface area contributed by atoms with E-state index in [1.807, 2.05) is 18.2 Å². The van der Waals surface area contributed by atoms with Gasteiger partial charge in [0.15, 0.2) is 11.6 Å². The molecule has 0 radical (unpaired) electrons. The van der Waals surface area contributed by atoms with Gasteiger partial charge >= 0.3 is 0 Å². The van der Waals surface area contributed by atoms with Gasteiger partial charge in [0.2, 0.25) is 5.89 Å². The van der Waals surface area contributed by atoms with Crippen LogP contribution in [0.3, 0.4) is 0 Å². The van der Waals surface area contributed by atoms with Crippen LogP contribution in [-0.4, -0.2) is 34.0 Å². The summed E-state index contributed by atoms with van der Waals surface area (Å²) in [5.41, 5.74) is 1.16. The minimum Gasteiger partial charge on any atom is -0.459 e. The van der Waals surface area contributed by atoms with Gasteiger partial charge < -0.3 is 13.8 Å². The summed E-state index contributed by atoms with van der Waals surface area (Å²) in [6, 6.07) is 13.5. The highest BCUT2D eigenvalue weighted by Crippen LogP contribution is 2.39. The Morgan fingerprint density at radius 3 is 2.58 bits per heavy atom. The van der Waals surface area contributed by atoms with E-state index >= 15 is 0 Å². The molecule has 1 aromatic carbocycles. The summed E-state index contributed by atoms with van der Waals surface area (Å²) in [4.78, 5) is 18.8. The van der Waals surface area contributed by atoms with Gasteiger partial charge in [0.1, 0.15) is 0 Å². The average molecular weight is 323 g/mol. The van der Waals surface area contributed by atoms with Crippen LogP contribution in [0.5, 0.6) is 0 Å². The minimum atomic E-state index is -0.111. The van der Waals surface area contributed by atoms with Gasteiger partial charge in [-0.1, -0.05) is 35.5 Å². The number of benzene rings is 1. The van der Waals surface area contributed by atoms with Crippen LogP contribution in [0.25, 0.3) is 0 Å². The fourth-order valence-electron chi connectivity index (χ4n) is 3.28. The van der Waals surface area contributed by atoms with Gasteiger partial charge in [-0.2, -0.15) is 4.98 Å². The smallest absolute Gasteiger partial charge is 0.289 e.